The van der Waals surface area contributed by atoms with Crippen molar-refractivity contribution >= 4 is 35.0 Å². The van der Waals surface area contributed by atoms with Crippen LogP contribution in [0, 0.1) is 6.92 Å². The smallest absolute Gasteiger partial charge is 0.225 e. The number of hydrogen-bond donors (Lipinski definition) is 1. The third-order valence-electron chi connectivity index (χ3n) is 2.52. The Kier molecular flexibility index (Phi) is 5.49. The number of hydrogen-bond acceptors (Lipinski definition) is 4. The fourth-order valence-electron chi connectivity index (χ4n) is 1.58. The van der Waals surface area contributed by atoms with Gasteiger partial charge in [-0.05, 0) is 31.2 Å². The van der Waals surface area contributed by atoms with Crippen molar-refractivity contribution in [2.24, 2.45) is 0 Å². The van der Waals surface area contributed by atoms with Gasteiger partial charge in [-0.25, -0.2) is 0 Å². The highest BCUT2D eigenvalue weighted by Gasteiger charge is 2.04. The monoisotopic (exact) mass is 310 g/mol. The van der Waals surface area contributed by atoms with E-state index in [1.807, 2.05) is 13.0 Å². The molecule has 0 fully saturated rings. The molecule has 0 saturated heterocycles. The second-order valence-corrected chi connectivity index (χ2v) is 5.83. The molecule has 6 heteroatoms. The predicted molar refractivity (Wildman–Crippen MR) is 82.1 cm³/mol. The Hall–Kier alpha value is -1.46. The van der Waals surface area contributed by atoms with Crippen LogP contribution in [0.3, 0.4) is 0 Å². The Morgan fingerprint density at radius 2 is 2.15 bits per heavy atom. The van der Waals surface area contributed by atoms with E-state index in [0.29, 0.717) is 11.4 Å². The lowest BCUT2D eigenvalue weighted by Gasteiger charge is -2.04. The molecule has 0 saturated carbocycles. The lowest BCUT2D eigenvalue weighted by molar-refractivity contribution is -0.115. The topological polar surface area (TPSA) is 55.1 Å². The fourth-order valence-corrected chi connectivity index (χ4v) is 2.52. The Morgan fingerprint density at radius 1 is 1.40 bits per heavy atom. The van der Waals surface area contributed by atoms with E-state index in [-0.39, 0.29) is 5.91 Å². The van der Waals surface area contributed by atoms with Gasteiger partial charge in [0.1, 0.15) is 5.76 Å². The van der Waals surface area contributed by atoms with Crippen LogP contribution >= 0.6 is 23.4 Å². The van der Waals surface area contributed by atoms with Crippen molar-refractivity contribution in [3.05, 3.63) is 46.8 Å². The molecule has 1 N–H and O–H groups in total. The van der Waals surface area contributed by atoms with Crippen molar-refractivity contribution in [3.63, 3.8) is 0 Å². The summed E-state index contributed by atoms with van der Waals surface area (Å²) >= 11 is 7.43. The Morgan fingerprint density at radius 3 is 2.80 bits per heavy atom. The van der Waals surface area contributed by atoms with Crippen LogP contribution in [0.4, 0.5) is 5.69 Å². The van der Waals surface area contributed by atoms with E-state index in [1.165, 1.54) is 0 Å². The number of nitrogens with one attached hydrogen (secondary N) is 1. The lowest BCUT2D eigenvalue weighted by Crippen LogP contribution is -2.12. The number of anilines is 1. The van der Waals surface area contributed by atoms with E-state index in [4.69, 9.17) is 16.1 Å². The summed E-state index contributed by atoms with van der Waals surface area (Å²) in [5.41, 5.74) is 1.64. The number of aromatic nitrogens is 1. The van der Waals surface area contributed by atoms with E-state index in [9.17, 15) is 4.79 Å². The number of carbonyl (C=O) groups is 1. The molecule has 1 aromatic carbocycles. The molecule has 0 aliphatic carbocycles. The quantitative estimate of drug-likeness (QED) is 0.822. The van der Waals surface area contributed by atoms with Gasteiger partial charge in [-0.1, -0.05) is 16.8 Å². The molecular formula is C14H15ClN2O2S. The van der Waals surface area contributed by atoms with Gasteiger partial charge < -0.3 is 9.84 Å². The van der Waals surface area contributed by atoms with Crippen molar-refractivity contribution < 1.29 is 9.32 Å². The van der Waals surface area contributed by atoms with E-state index in [0.717, 1.165) is 28.6 Å². The Bertz CT molecular complexity index is 569. The number of aryl methyl sites for hydroxylation is 1. The van der Waals surface area contributed by atoms with Gasteiger partial charge >= 0.3 is 0 Å². The zero-order chi connectivity index (χ0) is 14.4. The summed E-state index contributed by atoms with van der Waals surface area (Å²) in [6.45, 7) is 1.89. The molecule has 0 bridgehead atoms. The van der Waals surface area contributed by atoms with Crippen molar-refractivity contribution in [1.82, 2.24) is 5.16 Å². The largest absolute Gasteiger partial charge is 0.360 e. The minimum absolute atomic E-state index is 0.00595. The van der Waals surface area contributed by atoms with Crippen LogP contribution in [0.1, 0.15) is 17.9 Å². The minimum Gasteiger partial charge on any atom is -0.360 e. The first kappa shape index (κ1) is 14.9. The molecule has 4 nitrogen and oxygen atoms in total. The SMILES string of the molecule is Cc1cc(CSCCC(=O)Nc2ccc(Cl)cc2)on1. The maximum absolute atomic E-state index is 11.7. The van der Waals surface area contributed by atoms with Crippen molar-refractivity contribution in [3.8, 4) is 0 Å². The molecule has 0 radical (unpaired) electrons. The molecule has 1 heterocycles. The minimum atomic E-state index is -0.00595. The second kappa shape index (κ2) is 7.36. The van der Waals surface area contributed by atoms with Crippen LogP contribution < -0.4 is 5.32 Å². The average Bonchev–Trinajstić information content (AvgIpc) is 2.83. The highest BCUT2D eigenvalue weighted by molar-refractivity contribution is 7.98. The maximum Gasteiger partial charge on any atom is 0.225 e. The number of carbonyl (C=O) groups excluding carboxylic acids is 1. The third kappa shape index (κ3) is 4.90. The van der Waals surface area contributed by atoms with Gasteiger partial charge in [0, 0.05) is 29.0 Å². The number of nitrogens with zero attached hydrogens (tertiary/aromatic N) is 1. The number of amides is 1. The van der Waals surface area contributed by atoms with E-state index in [1.54, 1.807) is 36.0 Å². The van der Waals surface area contributed by atoms with E-state index < -0.39 is 0 Å². The van der Waals surface area contributed by atoms with Crippen LogP contribution in [0.5, 0.6) is 0 Å². The maximum atomic E-state index is 11.7. The predicted octanol–water partition coefficient (Wildman–Crippen LogP) is 3.90. The van der Waals surface area contributed by atoms with Crippen LogP contribution in [0.15, 0.2) is 34.9 Å². The summed E-state index contributed by atoms with van der Waals surface area (Å²) in [5, 5.41) is 7.29. The zero-order valence-corrected chi connectivity index (χ0v) is 12.6. The summed E-state index contributed by atoms with van der Waals surface area (Å²) in [4.78, 5) is 11.7. The molecular weight excluding hydrogens is 296 g/mol. The van der Waals surface area contributed by atoms with E-state index in [2.05, 4.69) is 10.5 Å². The molecule has 0 aliphatic rings. The molecule has 1 amide bonds. The van der Waals surface area contributed by atoms with Gasteiger partial charge in [0.15, 0.2) is 0 Å². The number of thioether (sulfide) groups is 1. The van der Waals surface area contributed by atoms with Crippen LogP contribution in [-0.2, 0) is 10.5 Å². The standard InChI is InChI=1S/C14H15ClN2O2S/c1-10-8-13(19-17-10)9-20-7-6-14(18)16-12-4-2-11(15)3-5-12/h2-5,8H,6-7,9H2,1H3,(H,16,18). The average molecular weight is 311 g/mol. The Balaban J connectivity index is 1.66. The molecule has 20 heavy (non-hydrogen) atoms. The van der Waals surface area contributed by atoms with Crippen molar-refractivity contribution in [1.29, 1.82) is 0 Å². The summed E-state index contributed by atoms with van der Waals surface area (Å²) in [5.74, 6) is 2.30. The third-order valence-corrected chi connectivity index (χ3v) is 3.76. The number of rotatable bonds is 6. The fraction of sp³-hybridized carbons (Fsp3) is 0.286. The van der Waals surface area contributed by atoms with Crippen molar-refractivity contribution in [2.75, 3.05) is 11.1 Å². The molecule has 106 valence electrons. The summed E-state index contributed by atoms with van der Waals surface area (Å²) in [6.07, 6.45) is 0.459. The summed E-state index contributed by atoms with van der Waals surface area (Å²) < 4.78 is 5.09. The van der Waals surface area contributed by atoms with Crippen LogP contribution in [0.25, 0.3) is 0 Å². The first-order valence-electron chi connectivity index (χ1n) is 6.19. The van der Waals surface area contributed by atoms with Crippen LogP contribution in [-0.4, -0.2) is 16.8 Å². The normalized spacial score (nSPS) is 10.5. The molecule has 1 aromatic heterocycles. The second-order valence-electron chi connectivity index (χ2n) is 4.29. The molecule has 2 aromatic rings. The Labute approximate surface area is 126 Å². The highest BCUT2D eigenvalue weighted by Crippen LogP contribution is 2.16. The van der Waals surface area contributed by atoms with Crippen molar-refractivity contribution in [2.45, 2.75) is 19.1 Å². The molecule has 0 aliphatic heterocycles. The van der Waals surface area contributed by atoms with Gasteiger partial charge in [0.2, 0.25) is 5.91 Å². The lowest BCUT2D eigenvalue weighted by atomic mass is 10.3. The molecule has 0 spiro atoms. The van der Waals surface area contributed by atoms with Gasteiger partial charge in [-0.15, -0.1) is 0 Å². The first-order valence-corrected chi connectivity index (χ1v) is 7.72. The van der Waals surface area contributed by atoms with E-state index >= 15 is 0 Å². The zero-order valence-electron chi connectivity index (χ0n) is 11.1. The number of halogens is 1. The summed E-state index contributed by atoms with van der Waals surface area (Å²) in [6, 6.07) is 8.96. The van der Waals surface area contributed by atoms with Gasteiger partial charge in [0.05, 0.1) is 11.4 Å². The van der Waals surface area contributed by atoms with Gasteiger partial charge in [-0.2, -0.15) is 11.8 Å². The molecule has 0 atom stereocenters. The van der Waals surface area contributed by atoms with Gasteiger partial charge in [-0.3, -0.25) is 4.79 Å². The first-order chi connectivity index (χ1) is 9.63. The highest BCUT2D eigenvalue weighted by atomic mass is 35.5. The molecule has 2 rings (SSSR count). The number of benzene rings is 1. The molecule has 0 unspecified atom stereocenters. The summed E-state index contributed by atoms with van der Waals surface area (Å²) in [7, 11) is 0. The van der Waals surface area contributed by atoms with Crippen LogP contribution in [0.2, 0.25) is 5.02 Å². The van der Waals surface area contributed by atoms with Gasteiger partial charge in [0.25, 0.3) is 0 Å².